The summed E-state index contributed by atoms with van der Waals surface area (Å²) in [4.78, 5) is 0. The van der Waals surface area contributed by atoms with Crippen molar-refractivity contribution in [1.82, 2.24) is 5.32 Å². The van der Waals surface area contributed by atoms with Gasteiger partial charge in [0.15, 0.2) is 0 Å². The molecule has 5 heteroatoms. The number of hydrogen-bond donors (Lipinski definition) is 1. The van der Waals surface area contributed by atoms with Gasteiger partial charge in [0.25, 0.3) is 0 Å². The average molecular weight is 267 g/mol. The second-order valence-corrected chi connectivity index (χ2v) is 5.10. The second-order valence-electron chi connectivity index (χ2n) is 5.10. The minimum atomic E-state index is -4.20. The van der Waals surface area contributed by atoms with Crippen molar-refractivity contribution >= 4 is 0 Å². The van der Waals surface area contributed by atoms with Crippen molar-refractivity contribution in [3.63, 3.8) is 0 Å². The summed E-state index contributed by atoms with van der Waals surface area (Å²) in [7, 11) is 1.98. The van der Waals surface area contributed by atoms with Crippen LogP contribution in [0.2, 0.25) is 0 Å². The molecular formula is C13H24F3NO. The van der Waals surface area contributed by atoms with E-state index in [0.29, 0.717) is 12.0 Å². The van der Waals surface area contributed by atoms with E-state index in [0.717, 1.165) is 12.8 Å². The van der Waals surface area contributed by atoms with E-state index in [1.165, 1.54) is 32.1 Å². The lowest BCUT2D eigenvalue weighted by Crippen LogP contribution is -2.32. The normalized spacial score (nSPS) is 26.0. The summed E-state index contributed by atoms with van der Waals surface area (Å²) in [6.45, 7) is -0.903. The van der Waals surface area contributed by atoms with E-state index in [1.807, 2.05) is 7.05 Å². The Hall–Kier alpha value is -0.290. The zero-order chi connectivity index (χ0) is 13.4. The number of hydrogen-bond acceptors (Lipinski definition) is 2. The Morgan fingerprint density at radius 3 is 2.56 bits per heavy atom. The number of alkyl halides is 3. The molecule has 0 bridgehead atoms. The molecule has 1 fully saturated rings. The molecule has 2 unspecified atom stereocenters. The largest absolute Gasteiger partial charge is 0.411 e. The summed E-state index contributed by atoms with van der Waals surface area (Å²) in [6.07, 6.45) is 3.63. The number of nitrogens with one attached hydrogen (secondary N) is 1. The van der Waals surface area contributed by atoms with Crippen LogP contribution in [0, 0.1) is 5.92 Å². The molecule has 0 amide bonds. The predicted octanol–water partition coefficient (Wildman–Crippen LogP) is 3.51. The molecule has 108 valence electrons. The summed E-state index contributed by atoms with van der Waals surface area (Å²) in [6, 6.07) is 0.523. The van der Waals surface area contributed by atoms with Crippen LogP contribution in [-0.4, -0.2) is 32.5 Å². The number of rotatable bonds is 6. The molecule has 0 aromatic carbocycles. The Bertz CT molecular complexity index is 221. The Morgan fingerprint density at radius 1 is 1.17 bits per heavy atom. The average Bonchev–Trinajstić information content (AvgIpc) is 2.52. The summed E-state index contributed by atoms with van der Waals surface area (Å²) in [5.41, 5.74) is 0. The molecule has 0 saturated heterocycles. The maximum Gasteiger partial charge on any atom is 0.411 e. The molecule has 0 aromatic heterocycles. The van der Waals surface area contributed by atoms with Gasteiger partial charge in [-0.05, 0) is 38.6 Å². The van der Waals surface area contributed by atoms with Gasteiger partial charge in [-0.1, -0.05) is 19.3 Å². The fourth-order valence-corrected chi connectivity index (χ4v) is 2.75. The van der Waals surface area contributed by atoms with Crippen molar-refractivity contribution in [3.8, 4) is 0 Å². The Balaban J connectivity index is 2.16. The lowest BCUT2D eigenvalue weighted by molar-refractivity contribution is -0.174. The molecule has 1 rings (SSSR count). The van der Waals surface area contributed by atoms with Crippen LogP contribution < -0.4 is 5.32 Å². The van der Waals surface area contributed by atoms with Gasteiger partial charge in [-0.15, -0.1) is 0 Å². The van der Waals surface area contributed by atoms with Crippen LogP contribution >= 0.6 is 0 Å². The summed E-state index contributed by atoms with van der Waals surface area (Å²) >= 11 is 0. The van der Waals surface area contributed by atoms with Crippen molar-refractivity contribution < 1.29 is 17.9 Å². The molecule has 0 radical (unpaired) electrons. The molecule has 1 aliphatic carbocycles. The molecule has 0 spiro atoms. The topological polar surface area (TPSA) is 21.3 Å². The van der Waals surface area contributed by atoms with Crippen molar-refractivity contribution in [2.45, 2.75) is 57.2 Å². The Morgan fingerprint density at radius 2 is 1.89 bits per heavy atom. The van der Waals surface area contributed by atoms with Gasteiger partial charge >= 0.3 is 6.18 Å². The highest BCUT2D eigenvalue weighted by Gasteiger charge is 2.27. The molecule has 18 heavy (non-hydrogen) atoms. The van der Waals surface area contributed by atoms with Crippen LogP contribution in [-0.2, 0) is 4.74 Å². The quantitative estimate of drug-likeness (QED) is 0.587. The van der Waals surface area contributed by atoms with Crippen molar-refractivity contribution in [3.05, 3.63) is 0 Å². The lowest BCUT2D eigenvalue weighted by Gasteiger charge is -2.24. The standard InChI is InChI=1S/C13H24F3NO/c1-17-12-8-4-2-3-6-11(12)7-5-9-18-10-13(14,15)16/h11-12,17H,2-10H2,1H3. The molecule has 0 aromatic rings. The van der Waals surface area contributed by atoms with E-state index >= 15 is 0 Å². The monoisotopic (exact) mass is 267 g/mol. The van der Waals surface area contributed by atoms with Crippen molar-refractivity contribution in [1.29, 1.82) is 0 Å². The smallest absolute Gasteiger partial charge is 0.372 e. The van der Waals surface area contributed by atoms with Gasteiger partial charge in [-0.25, -0.2) is 0 Å². The zero-order valence-corrected chi connectivity index (χ0v) is 11.1. The molecule has 1 saturated carbocycles. The first-order valence-corrected chi connectivity index (χ1v) is 6.84. The van der Waals surface area contributed by atoms with E-state index < -0.39 is 12.8 Å². The maximum absolute atomic E-state index is 11.9. The third kappa shape index (κ3) is 6.59. The van der Waals surface area contributed by atoms with Crippen molar-refractivity contribution in [2.24, 2.45) is 5.92 Å². The first-order valence-electron chi connectivity index (χ1n) is 6.84. The zero-order valence-electron chi connectivity index (χ0n) is 11.1. The fourth-order valence-electron chi connectivity index (χ4n) is 2.75. The minimum absolute atomic E-state index is 0.215. The molecule has 0 heterocycles. The summed E-state index contributed by atoms with van der Waals surface area (Å²) in [5.74, 6) is 0.590. The van der Waals surface area contributed by atoms with Gasteiger partial charge in [-0.3, -0.25) is 0 Å². The SMILES string of the molecule is CNC1CCCCCC1CCCOCC(F)(F)F. The third-order valence-corrected chi connectivity index (χ3v) is 3.66. The van der Waals surface area contributed by atoms with E-state index in [2.05, 4.69) is 10.1 Å². The fraction of sp³-hybridized carbons (Fsp3) is 1.00. The molecule has 1 N–H and O–H groups in total. The minimum Gasteiger partial charge on any atom is -0.372 e. The Labute approximate surface area is 107 Å². The first-order chi connectivity index (χ1) is 8.53. The number of halogens is 3. The lowest BCUT2D eigenvalue weighted by atomic mass is 9.90. The first kappa shape index (κ1) is 15.8. The van der Waals surface area contributed by atoms with Crippen LogP contribution in [0.15, 0.2) is 0 Å². The van der Waals surface area contributed by atoms with Crippen LogP contribution in [0.25, 0.3) is 0 Å². The van der Waals surface area contributed by atoms with Gasteiger partial charge in [0.2, 0.25) is 0 Å². The van der Waals surface area contributed by atoms with E-state index in [1.54, 1.807) is 0 Å². The number of ether oxygens (including phenoxy) is 1. The van der Waals surface area contributed by atoms with Gasteiger partial charge in [-0.2, -0.15) is 13.2 Å². The molecule has 2 atom stereocenters. The van der Waals surface area contributed by atoms with E-state index in [-0.39, 0.29) is 6.61 Å². The summed E-state index contributed by atoms with van der Waals surface area (Å²) < 4.78 is 40.3. The van der Waals surface area contributed by atoms with Gasteiger partial charge in [0.05, 0.1) is 0 Å². The van der Waals surface area contributed by atoms with E-state index in [4.69, 9.17) is 0 Å². The van der Waals surface area contributed by atoms with Gasteiger partial charge in [0, 0.05) is 12.6 Å². The highest BCUT2D eigenvalue weighted by Crippen LogP contribution is 2.27. The highest BCUT2D eigenvalue weighted by molar-refractivity contribution is 4.78. The molecular weight excluding hydrogens is 243 g/mol. The maximum atomic E-state index is 11.9. The third-order valence-electron chi connectivity index (χ3n) is 3.66. The second kappa shape index (κ2) is 8.00. The highest BCUT2D eigenvalue weighted by atomic mass is 19.4. The van der Waals surface area contributed by atoms with Crippen LogP contribution in [0.1, 0.15) is 44.9 Å². The van der Waals surface area contributed by atoms with Crippen LogP contribution in [0.3, 0.4) is 0 Å². The summed E-state index contributed by atoms with van der Waals surface area (Å²) in [5, 5.41) is 3.34. The van der Waals surface area contributed by atoms with Gasteiger partial charge in [0.1, 0.15) is 6.61 Å². The predicted molar refractivity (Wildman–Crippen MR) is 65.5 cm³/mol. The van der Waals surface area contributed by atoms with Gasteiger partial charge < -0.3 is 10.1 Å². The molecule has 1 aliphatic rings. The molecule has 0 aliphatic heterocycles. The Kier molecular flexibility index (Phi) is 7.00. The van der Waals surface area contributed by atoms with Crippen LogP contribution in [0.4, 0.5) is 13.2 Å². The van der Waals surface area contributed by atoms with Crippen LogP contribution in [0.5, 0.6) is 0 Å². The molecule has 2 nitrogen and oxygen atoms in total. The van der Waals surface area contributed by atoms with Crippen molar-refractivity contribution in [2.75, 3.05) is 20.3 Å². The van der Waals surface area contributed by atoms with E-state index in [9.17, 15) is 13.2 Å².